The van der Waals surface area contributed by atoms with E-state index in [2.05, 4.69) is 17.4 Å². The second kappa shape index (κ2) is 3.96. The molecule has 13 heavy (non-hydrogen) atoms. The lowest BCUT2D eigenvalue weighted by molar-refractivity contribution is 0.155. The van der Waals surface area contributed by atoms with Crippen molar-refractivity contribution in [3.63, 3.8) is 0 Å². The van der Waals surface area contributed by atoms with Crippen molar-refractivity contribution in [1.29, 1.82) is 0 Å². The van der Waals surface area contributed by atoms with E-state index in [1.165, 1.54) is 19.3 Å². The van der Waals surface area contributed by atoms with Gasteiger partial charge in [0, 0.05) is 6.54 Å². The fraction of sp³-hybridized carbons (Fsp3) is 0.889. The van der Waals surface area contributed by atoms with Gasteiger partial charge in [0.1, 0.15) is 0 Å². The lowest BCUT2D eigenvalue weighted by atomic mass is 9.70. The average molecular weight is 185 g/mol. The van der Waals surface area contributed by atoms with E-state index in [-0.39, 0.29) is 11.9 Å². The Balaban J connectivity index is 2.25. The first kappa shape index (κ1) is 10.3. The van der Waals surface area contributed by atoms with Gasteiger partial charge in [-0.2, -0.15) is 0 Å². The third kappa shape index (κ3) is 2.59. The Morgan fingerprint density at radius 1 is 1.69 bits per heavy atom. The van der Waals surface area contributed by atoms with E-state index in [4.69, 9.17) is 10.9 Å². The SMILES string of the molecule is CC(NCC1(C)CCC1)C(N)=NO. The summed E-state index contributed by atoms with van der Waals surface area (Å²) < 4.78 is 0. The summed E-state index contributed by atoms with van der Waals surface area (Å²) >= 11 is 0. The highest BCUT2D eigenvalue weighted by Gasteiger charge is 2.31. The highest BCUT2D eigenvalue weighted by molar-refractivity contribution is 5.84. The van der Waals surface area contributed by atoms with Crippen LogP contribution in [0, 0.1) is 5.41 Å². The normalized spacial score (nSPS) is 23.7. The Kier molecular flexibility index (Phi) is 3.14. The molecule has 4 N–H and O–H groups in total. The van der Waals surface area contributed by atoms with Crippen LogP contribution in [-0.4, -0.2) is 23.6 Å². The number of hydrogen-bond acceptors (Lipinski definition) is 3. The quantitative estimate of drug-likeness (QED) is 0.264. The third-order valence-corrected chi connectivity index (χ3v) is 2.95. The molecular weight excluding hydrogens is 166 g/mol. The molecule has 0 aromatic rings. The molecule has 1 saturated carbocycles. The van der Waals surface area contributed by atoms with Crippen LogP contribution in [0.4, 0.5) is 0 Å². The molecule has 0 saturated heterocycles. The Morgan fingerprint density at radius 2 is 2.31 bits per heavy atom. The molecule has 0 aliphatic heterocycles. The van der Waals surface area contributed by atoms with E-state index in [1.807, 2.05) is 6.92 Å². The van der Waals surface area contributed by atoms with Crippen molar-refractivity contribution >= 4 is 5.84 Å². The largest absolute Gasteiger partial charge is 0.409 e. The molecule has 1 fully saturated rings. The van der Waals surface area contributed by atoms with Gasteiger partial charge in [0.25, 0.3) is 0 Å². The Bertz CT molecular complexity index is 199. The molecule has 1 rings (SSSR count). The average Bonchev–Trinajstić information content (AvgIpc) is 2.09. The monoisotopic (exact) mass is 185 g/mol. The Morgan fingerprint density at radius 3 is 2.69 bits per heavy atom. The fourth-order valence-corrected chi connectivity index (χ4v) is 1.55. The minimum atomic E-state index is -0.0394. The van der Waals surface area contributed by atoms with Gasteiger partial charge in [-0.05, 0) is 25.2 Å². The van der Waals surface area contributed by atoms with E-state index in [0.29, 0.717) is 5.41 Å². The van der Waals surface area contributed by atoms with Crippen molar-refractivity contribution in [3.05, 3.63) is 0 Å². The molecule has 1 aliphatic rings. The summed E-state index contributed by atoms with van der Waals surface area (Å²) in [5.41, 5.74) is 5.88. The highest BCUT2D eigenvalue weighted by atomic mass is 16.4. The summed E-state index contributed by atoms with van der Waals surface area (Å²) in [6.45, 7) is 5.12. The maximum Gasteiger partial charge on any atom is 0.156 e. The standard InChI is InChI=1S/C9H19N3O/c1-7(8(10)12-13)11-6-9(2)4-3-5-9/h7,11,13H,3-6H2,1-2H3,(H2,10,12). The number of rotatable bonds is 4. The first-order valence-electron chi connectivity index (χ1n) is 4.78. The van der Waals surface area contributed by atoms with E-state index >= 15 is 0 Å². The van der Waals surface area contributed by atoms with Crippen molar-refractivity contribution in [3.8, 4) is 0 Å². The second-order valence-electron chi connectivity index (χ2n) is 4.29. The molecule has 0 radical (unpaired) electrons. The third-order valence-electron chi connectivity index (χ3n) is 2.95. The number of oxime groups is 1. The van der Waals surface area contributed by atoms with Gasteiger partial charge in [-0.3, -0.25) is 0 Å². The Hall–Kier alpha value is -0.770. The van der Waals surface area contributed by atoms with Crippen molar-refractivity contribution < 1.29 is 5.21 Å². The van der Waals surface area contributed by atoms with Gasteiger partial charge >= 0.3 is 0 Å². The Labute approximate surface area is 79.2 Å². The van der Waals surface area contributed by atoms with Crippen molar-refractivity contribution in [2.24, 2.45) is 16.3 Å². The molecule has 76 valence electrons. The molecule has 1 unspecified atom stereocenters. The predicted molar refractivity (Wildman–Crippen MR) is 52.8 cm³/mol. The van der Waals surface area contributed by atoms with Gasteiger partial charge < -0.3 is 16.3 Å². The lowest BCUT2D eigenvalue weighted by Crippen LogP contribution is -2.46. The maximum atomic E-state index is 8.43. The van der Waals surface area contributed by atoms with Gasteiger partial charge in [-0.1, -0.05) is 18.5 Å². The summed E-state index contributed by atoms with van der Waals surface area (Å²) in [5, 5.41) is 14.7. The van der Waals surface area contributed by atoms with Crippen LogP contribution in [0.5, 0.6) is 0 Å². The smallest absolute Gasteiger partial charge is 0.156 e. The van der Waals surface area contributed by atoms with Gasteiger partial charge in [0.05, 0.1) is 6.04 Å². The van der Waals surface area contributed by atoms with Crippen LogP contribution in [0.15, 0.2) is 5.16 Å². The predicted octanol–water partition coefficient (Wildman–Crippen LogP) is 0.901. The van der Waals surface area contributed by atoms with Crippen molar-refractivity contribution in [1.82, 2.24) is 5.32 Å². The molecule has 0 aromatic carbocycles. The summed E-state index contributed by atoms with van der Waals surface area (Å²) in [6.07, 6.45) is 3.89. The maximum absolute atomic E-state index is 8.43. The van der Waals surface area contributed by atoms with Crippen LogP contribution in [0.1, 0.15) is 33.1 Å². The van der Waals surface area contributed by atoms with E-state index in [0.717, 1.165) is 6.54 Å². The minimum absolute atomic E-state index is 0.0394. The molecule has 0 spiro atoms. The van der Waals surface area contributed by atoms with Crippen LogP contribution >= 0.6 is 0 Å². The zero-order chi connectivity index (χ0) is 9.90. The molecule has 0 aromatic heterocycles. The molecule has 4 nitrogen and oxygen atoms in total. The van der Waals surface area contributed by atoms with Crippen LogP contribution in [-0.2, 0) is 0 Å². The van der Waals surface area contributed by atoms with Crippen LogP contribution in [0.25, 0.3) is 0 Å². The topological polar surface area (TPSA) is 70.6 Å². The first-order valence-corrected chi connectivity index (χ1v) is 4.78. The molecule has 0 amide bonds. The molecule has 1 aliphatic carbocycles. The number of amidine groups is 1. The minimum Gasteiger partial charge on any atom is -0.409 e. The molecule has 4 heteroatoms. The molecule has 0 heterocycles. The zero-order valence-corrected chi connectivity index (χ0v) is 8.38. The molecule has 0 bridgehead atoms. The summed E-state index contributed by atoms with van der Waals surface area (Å²) in [4.78, 5) is 0. The van der Waals surface area contributed by atoms with Crippen molar-refractivity contribution in [2.45, 2.75) is 39.2 Å². The zero-order valence-electron chi connectivity index (χ0n) is 8.38. The summed E-state index contributed by atoms with van der Waals surface area (Å²) in [7, 11) is 0. The van der Waals surface area contributed by atoms with Gasteiger partial charge in [0.2, 0.25) is 0 Å². The van der Waals surface area contributed by atoms with Crippen LogP contribution in [0.3, 0.4) is 0 Å². The van der Waals surface area contributed by atoms with E-state index in [9.17, 15) is 0 Å². The summed E-state index contributed by atoms with van der Waals surface area (Å²) in [6, 6.07) is -0.0394. The van der Waals surface area contributed by atoms with Gasteiger partial charge in [0.15, 0.2) is 5.84 Å². The second-order valence-corrected chi connectivity index (χ2v) is 4.29. The van der Waals surface area contributed by atoms with Gasteiger partial charge in [-0.25, -0.2) is 0 Å². The van der Waals surface area contributed by atoms with Crippen molar-refractivity contribution in [2.75, 3.05) is 6.54 Å². The first-order chi connectivity index (χ1) is 6.07. The van der Waals surface area contributed by atoms with Gasteiger partial charge in [-0.15, -0.1) is 0 Å². The van der Waals surface area contributed by atoms with E-state index < -0.39 is 0 Å². The number of nitrogens with zero attached hydrogens (tertiary/aromatic N) is 1. The number of nitrogens with two attached hydrogens (primary N) is 1. The molecular formula is C9H19N3O. The molecule has 1 atom stereocenters. The lowest BCUT2D eigenvalue weighted by Gasteiger charge is -2.39. The number of nitrogens with one attached hydrogen (secondary N) is 1. The van der Waals surface area contributed by atoms with Crippen LogP contribution in [0.2, 0.25) is 0 Å². The highest BCUT2D eigenvalue weighted by Crippen LogP contribution is 2.39. The fourth-order valence-electron chi connectivity index (χ4n) is 1.55. The van der Waals surface area contributed by atoms with Crippen LogP contribution < -0.4 is 11.1 Å². The summed E-state index contributed by atoms with van der Waals surface area (Å²) in [5.74, 6) is 0.253. The number of hydrogen-bond donors (Lipinski definition) is 3. The van der Waals surface area contributed by atoms with E-state index in [1.54, 1.807) is 0 Å².